The Morgan fingerprint density at radius 2 is 2.11 bits per heavy atom. The zero-order valence-electron chi connectivity index (χ0n) is 16.6. The summed E-state index contributed by atoms with van der Waals surface area (Å²) in [6, 6.07) is 1.96. The van der Waals surface area contributed by atoms with E-state index < -0.39 is 0 Å². The number of likely N-dealkylation sites (tertiary alicyclic amines) is 1. The second-order valence-corrected chi connectivity index (χ2v) is 7.89. The van der Waals surface area contributed by atoms with Gasteiger partial charge in [0.2, 0.25) is 5.91 Å². The molecular weight excluding hydrogens is 350 g/mol. The lowest BCUT2D eigenvalue weighted by Crippen LogP contribution is -2.41. The number of carbonyl (C=O) groups excluding carboxylic acids is 1. The molecule has 6 nitrogen and oxygen atoms in total. The molecule has 1 aliphatic heterocycles. The van der Waals surface area contributed by atoms with Gasteiger partial charge in [0.15, 0.2) is 0 Å². The number of allylic oxidation sites excluding steroid dienone is 2. The van der Waals surface area contributed by atoms with Gasteiger partial charge in [-0.3, -0.25) is 9.89 Å². The molecule has 0 radical (unpaired) electrons. The van der Waals surface area contributed by atoms with Crippen LogP contribution in [-0.4, -0.2) is 44.1 Å². The number of aromatic amines is 1. The normalized spacial score (nSPS) is 20.5. The molecule has 1 aliphatic carbocycles. The zero-order chi connectivity index (χ0) is 19.3. The van der Waals surface area contributed by atoms with Crippen LogP contribution in [0.3, 0.4) is 0 Å². The highest BCUT2D eigenvalue weighted by Crippen LogP contribution is 2.34. The van der Waals surface area contributed by atoms with Crippen LogP contribution in [0.15, 0.2) is 30.6 Å². The van der Waals surface area contributed by atoms with Gasteiger partial charge >= 0.3 is 0 Å². The maximum Gasteiger partial charge on any atom is 0.226 e. The van der Waals surface area contributed by atoms with Crippen molar-refractivity contribution >= 4 is 5.91 Å². The predicted octanol–water partition coefficient (Wildman–Crippen LogP) is 3.88. The lowest BCUT2D eigenvalue weighted by atomic mass is 9.88. The molecule has 1 amide bonds. The molecule has 2 aliphatic rings. The fraction of sp³-hybridized carbons (Fsp3) is 0.545. The van der Waals surface area contributed by atoms with Gasteiger partial charge in [0.1, 0.15) is 5.82 Å². The molecule has 28 heavy (non-hydrogen) atoms. The Bertz CT molecular complexity index is 835. The average molecular weight is 380 g/mol. The molecule has 0 unspecified atom stereocenters. The van der Waals surface area contributed by atoms with Gasteiger partial charge in [0.25, 0.3) is 0 Å². The highest BCUT2D eigenvalue weighted by molar-refractivity contribution is 5.79. The molecule has 1 saturated heterocycles. The molecule has 1 N–H and O–H groups in total. The predicted molar refractivity (Wildman–Crippen MR) is 109 cm³/mol. The van der Waals surface area contributed by atoms with Crippen molar-refractivity contribution in [3.63, 3.8) is 0 Å². The number of nitrogens with zero attached hydrogens (tertiary/aromatic N) is 4. The van der Waals surface area contributed by atoms with E-state index in [-0.39, 0.29) is 5.92 Å². The third-order valence-electron chi connectivity index (χ3n) is 5.96. The lowest BCUT2D eigenvalue weighted by molar-refractivity contribution is -0.136. The van der Waals surface area contributed by atoms with Crippen LogP contribution in [0.2, 0.25) is 0 Å². The summed E-state index contributed by atoms with van der Waals surface area (Å²) >= 11 is 0. The first-order valence-electron chi connectivity index (χ1n) is 10.6. The Hall–Kier alpha value is -2.50. The minimum Gasteiger partial charge on any atom is -0.342 e. The van der Waals surface area contributed by atoms with Gasteiger partial charge in [-0.15, -0.1) is 0 Å². The van der Waals surface area contributed by atoms with Crippen molar-refractivity contribution in [3.05, 3.63) is 42.1 Å². The molecule has 1 atom stereocenters. The van der Waals surface area contributed by atoms with Crippen molar-refractivity contribution in [1.82, 2.24) is 25.1 Å². The Labute approximate surface area is 166 Å². The van der Waals surface area contributed by atoms with Gasteiger partial charge in [0.05, 0.1) is 11.9 Å². The minimum atomic E-state index is 0.183. The second kappa shape index (κ2) is 8.67. The van der Waals surface area contributed by atoms with Crippen LogP contribution in [0, 0.1) is 5.92 Å². The van der Waals surface area contributed by atoms with Crippen LogP contribution < -0.4 is 0 Å². The highest BCUT2D eigenvalue weighted by Gasteiger charge is 2.30. The average Bonchev–Trinajstić information content (AvgIpc) is 3.24. The van der Waals surface area contributed by atoms with E-state index in [9.17, 15) is 4.79 Å². The fourth-order valence-corrected chi connectivity index (χ4v) is 4.37. The molecule has 0 saturated carbocycles. The van der Waals surface area contributed by atoms with Crippen molar-refractivity contribution in [1.29, 1.82) is 0 Å². The molecule has 148 valence electrons. The number of aromatic nitrogens is 4. The fourth-order valence-electron chi connectivity index (χ4n) is 4.37. The number of aryl methyl sites for hydroxylation is 1. The van der Waals surface area contributed by atoms with Crippen LogP contribution in [0.1, 0.15) is 62.9 Å². The summed E-state index contributed by atoms with van der Waals surface area (Å²) in [5.41, 5.74) is 3.16. The van der Waals surface area contributed by atoms with Crippen LogP contribution in [-0.2, 0) is 11.2 Å². The van der Waals surface area contributed by atoms with Gasteiger partial charge in [-0.1, -0.05) is 19.1 Å². The molecule has 0 bridgehead atoms. The van der Waals surface area contributed by atoms with Gasteiger partial charge in [0, 0.05) is 48.8 Å². The van der Waals surface area contributed by atoms with E-state index in [4.69, 9.17) is 4.98 Å². The van der Waals surface area contributed by atoms with Gasteiger partial charge in [-0.25, -0.2) is 9.97 Å². The van der Waals surface area contributed by atoms with Gasteiger partial charge in [-0.05, 0) is 44.6 Å². The standard InChI is InChI=1S/C22H29N5O/c1-2-6-20-23-12-9-19(25-20)18-15-24-26-21(18)16-10-13-27(14-11-16)22(28)17-7-4-3-5-8-17/h3-4,9,12,15-17H,2,5-8,10-11,13-14H2,1H3,(H,24,26)/t17-/m1/s1. The Morgan fingerprint density at radius 3 is 2.86 bits per heavy atom. The Morgan fingerprint density at radius 1 is 1.25 bits per heavy atom. The SMILES string of the molecule is CCCc1nccc(-c2cn[nH]c2C2CCN(C(=O)[C@@H]3CC=CCC3)CC2)n1. The van der Waals surface area contributed by atoms with E-state index in [0.717, 1.165) is 80.8 Å². The maximum atomic E-state index is 12.8. The van der Waals surface area contributed by atoms with Gasteiger partial charge in [-0.2, -0.15) is 5.10 Å². The van der Waals surface area contributed by atoms with E-state index in [1.54, 1.807) is 0 Å². The summed E-state index contributed by atoms with van der Waals surface area (Å²) < 4.78 is 0. The first-order chi connectivity index (χ1) is 13.8. The number of H-pyrrole nitrogens is 1. The third kappa shape index (κ3) is 4.01. The number of hydrogen-bond acceptors (Lipinski definition) is 4. The van der Waals surface area contributed by atoms with Crippen molar-refractivity contribution in [3.8, 4) is 11.3 Å². The van der Waals surface area contributed by atoms with Crippen molar-refractivity contribution < 1.29 is 4.79 Å². The van der Waals surface area contributed by atoms with Crippen molar-refractivity contribution in [2.75, 3.05) is 13.1 Å². The summed E-state index contributed by atoms with van der Waals surface area (Å²) in [4.78, 5) is 23.9. The minimum absolute atomic E-state index is 0.183. The molecule has 2 aromatic heterocycles. The van der Waals surface area contributed by atoms with E-state index in [0.29, 0.717) is 11.8 Å². The van der Waals surface area contributed by atoms with Gasteiger partial charge < -0.3 is 4.90 Å². The molecule has 2 aromatic rings. The number of nitrogens with one attached hydrogen (secondary N) is 1. The summed E-state index contributed by atoms with van der Waals surface area (Å²) in [5, 5.41) is 7.51. The second-order valence-electron chi connectivity index (χ2n) is 7.89. The first-order valence-corrected chi connectivity index (χ1v) is 10.6. The molecule has 3 heterocycles. The summed E-state index contributed by atoms with van der Waals surface area (Å²) in [5.74, 6) is 1.79. The van der Waals surface area contributed by atoms with Crippen LogP contribution in [0.25, 0.3) is 11.3 Å². The molecule has 4 rings (SSSR count). The lowest BCUT2D eigenvalue weighted by Gasteiger charge is -2.34. The Balaban J connectivity index is 1.43. The topological polar surface area (TPSA) is 74.8 Å². The highest BCUT2D eigenvalue weighted by atomic mass is 16.2. The first kappa shape index (κ1) is 18.8. The molecule has 0 spiro atoms. The zero-order valence-corrected chi connectivity index (χ0v) is 16.6. The Kier molecular flexibility index (Phi) is 5.84. The quantitative estimate of drug-likeness (QED) is 0.800. The van der Waals surface area contributed by atoms with E-state index >= 15 is 0 Å². The number of amides is 1. The molecule has 6 heteroatoms. The molecule has 1 fully saturated rings. The number of rotatable bonds is 5. The summed E-state index contributed by atoms with van der Waals surface area (Å²) in [6.45, 7) is 3.79. The number of piperidine rings is 1. The third-order valence-corrected chi connectivity index (χ3v) is 5.96. The van der Waals surface area contributed by atoms with E-state index in [1.165, 1.54) is 0 Å². The van der Waals surface area contributed by atoms with Crippen LogP contribution >= 0.6 is 0 Å². The van der Waals surface area contributed by atoms with Crippen molar-refractivity contribution in [2.24, 2.45) is 5.92 Å². The van der Waals surface area contributed by atoms with Crippen LogP contribution in [0.5, 0.6) is 0 Å². The summed E-state index contributed by atoms with van der Waals surface area (Å²) in [6.07, 6.45) is 14.8. The van der Waals surface area contributed by atoms with E-state index in [1.807, 2.05) is 18.5 Å². The van der Waals surface area contributed by atoms with Crippen LogP contribution in [0.4, 0.5) is 0 Å². The number of carbonyl (C=O) groups is 1. The monoisotopic (exact) mass is 379 g/mol. The largest absolute Gasteiger partial charge is 0.342 e. The summed E-state index contributed by atoms with van der Waals surface area (Å²) in [7, 11) is 0. The number of hydrogen-bond donors (Lipinski definition) is 1. The van der Waals surface area contributed by atoms with E-state index in [2.05, 4.69) is 39.2 Å². The molecule has 0 aromatic carbocycles. The smallest absolute Gasteiger partial charge is 0.226 e. The van der Waals surface area contributed by atoms with Crippen molar-refractivity contribution in [2.45, 2.75) is 57.8 Å². The maximum absolute atomic E-state index is 12.8. The molecular formula is C22H29N5O.